The lowest BCUT2D eigenvalue weighted by atomic mass is 10.1. The lowest BCUT2D eigenvalue weighted by molar-refractivity contribution is -0.137. The summed E-state index contributed by atoms with van der Waals surface area (Å²) in [5, 5.41) is 11.1. The number of carbonyl (C=O) groups is 2. The highest BCUT2D eigenvalue weighted by atomic mass is 32.2. The van der Waals surface area contributed by atoms with Crippen LogP contribution in [0.5, 0.6) is 0 Å². The van der Waals surface area contributed by atoms with E-state index in [9.17, 15) is 18.0 Å². The van der Waals surface area contributed by atoms with Gasteiger partial charge in [0.05, 0.1) is 6.26 Å². The number of likely N-dealkylation sites (N-methyl/N-ethyl adjacent to an activating group) is 1. The molecule has 8 nitrogen and oxygen atoms in total. The lowest BCUT2D eigenvalue weighted by Gasteiger charge is -2.27. The number of sulfonamides is 1. The van der Waals surface area contributed by atoms with E-state index in [0.717, 1.165) is 11.2 Å². The van der Waals surface area contributed by atoms with E-state index in [4.69, 9.17) is 5.11 Å². The molecule has 0 aromatic rings. The monoisotopic (exact) mass is 295 g/mol. The fourth-order valence-electron chi connectivity index (χ4n) is 1.44. The number of nitrogens with zero attached hydrogens (tertiary/aromatic N) is 1. The van der Waals surface area contributed by atoms with Crippen molar-refractivity contribution in [1.29, 1.82) is 0 Å². The molecule has 0 aromatic carbocycles. The maximum Gasteiger partial charge on any atom is 0.323 e. The Bertz CT molecular complexity index is 432. The summed E-state index contributed by atoms with van der Waals surface area (Å²) in [7, 11) is -3.38. The number of carbonyl (C=O) groups excluding carboxylic acids is 1. The van der Waals surface area contributed by atoms with E-state index in [1.165, 1.54) is 0 Å². The van der Waals surface area contributed by atoms with Crippen molar-refractivity contribution in [1.82, 2.24) is 14.9 Å². The number of carboxylic acid groups (broad SMARTS) is 1. The summed E-state index contributed by atoms with van der Waals surface area (Å²) < 4.78 is 24.6. The van der Waals surface area contributed by atoms with Crippen molar-refractivity contribution in [3.05, 3.63) is 0 Å². The zero-order valence-corrected chi connectivity index (χ0v) is 12.4. The highest BCUT2D eigenvalue weighted by Crippen LogP contribution is 2.02. The summed E-state index contributed by atoms with van der Waals surface area (Å²) in [5.74, 6) is -1.11. The van der Waals surface area contributed by atoms with E-state index >= 15 is 0 Å². The first-order valence-corrected chi connectivity index (χ1v) is 7.59. The number of rotatable bonds is 7. The third-order valence-corrected chi connectivity index (χ3v) is 3.06. The van der Waals surface area contributed by atoms with Crippen molar-refractivity contribution in [3.8, 4) is 0 Å². The van der Waals surface area contributed by atoms with Gasteiger partial charge in [0, 0.05) is 18.6 Å². The third-order valence-electron chi connectivity index (χ3n) is 2.14. The second kappa shape index (κ2) is 6.71. The number of nitrogens with one attached hydrogen (secondary N) is 2. The van der Waals surface area contributed by atoms with Gasteiger partial charge in [0.2, 0.25) is 10.0 Å². The second-order valence-electron chi connectivity index (χ2n) is 4.82. The van der Waals surface area contributed by atoms with Crippen LogP contribution in [0, 0.1) is 0 Å². The summed E-state index contributed by atoms with van der Waals surface area (Å²) in [6.07, 6.45) is 1.03. The fraction of sp³-hybridized carbons (Fsp3) is 0.800. The van der Waals surface area contributed by atoms with Crippen LogP contribution in [-0.2, 0) is 14.8 Å². The van der Waals surface area contributed by atoms with Gasteiger partial charge in [0.1, 0.15) is 6.54 Å². The predicted octanol–water partition coefficient (Wildman–Crippen LogP) is -0.570. The number of carboxylic acids is 1. The average Bonchev–Trinajstić information content (AvgIpc) is 2.19. The molecule has 9 heteroatoms. The van der Waals surface area contributed by atoms with E-state index in [-0.39, 0.29) is 13.1 Å². The van der Waals surface area contributed by atoms with Crippen LogP contribution in [0.1, 0.15) is 20.8 Å². The minimum Gasteiger partial charge on any atom is -0.480 e. The van der Waals surface area contributed by atoms with Gasteiger partial charge in [-0.15, -0.1) is 0 Å². The van der Waals surface area contributed by atoms with Gasteiger partial charge in [-0.3, -0.25) is 4.79 Å². The van der Waals surface area contributed by atoms with Crippen LogP contribution < -0.4 is 10.0 Å². The number of aliphatic carboxylic acids is 1. The van der Waals surface area contributed by atoms with Crippen molar-refractivity contribution >= 4 is 22.0 Å². The molecule has 0 fully saturated rings. The first-order chi connectivity index (χ1) is 8.47. The Balaban J connectivity index is 4.45. The Kier molecular flexibility index (Phi) is 6.23. The van der Waals surface area contributed by atoms with Gasteiger partial charge >= 0.3 is 12.0 Å². The zero-order chi connectivity index (χ0) is 15.3. The van der Waals surface area contributed by atoms with Crippen LogP contribution in [0.15, 0.2) is 0 Å². The molecule has 112 valence electrons. The van der Waals surface area contributed by atoms with Crippen molar-refractivity contribution in [2.24, 2.45) is 0 Å². The van der Waals surface area contributed by atoms with Crippen molar-refractivity contribution in [3.63, 3.8) is 0 Å². The molecule has 0 spiro atoms. The minimum absolute atomic E-state index is 0.0506. The number of amides is 2. The molecule has 19 heavy (non-hydrogen) atoms. The first kappa shape index (κ1) is 17.6. The average molecular weight is 295 g/mol. The molecule has 0 aliphatic heterocycles. The van der Waals surface area contributed by atoms with Crippen LogP contribution in [0.25, 0.3) is 0 Å². The summed E-state index contributed by atoms with van der Waals surface area (Å²) in [6.45, 7) is 4.78. The lowest BCUT2D eigenvalue weighted by Crippen LogP contribution is -2.53. The Labute approximate surface area is 113 Å². The largest absolute Gasteiger partial charge is 0.480 e. The molecule has 0 saturated carbocycles. The number of urea groups is 1. The smallest absolute Gasteiger partial charge is 0.323 e. The van der Waals surface area contributed by atoms with Crippen LogP contribution in [0.4, 0.5) is 4.79 Å². The maximum absolute atomic E-state index is 11.7. The maximum atomic E-state index is 11.7. The number of hydrogen-bond acceptors (Lipinski definition) is 4. The molecular weight excluding hydrogens is 274 g/mol. The summed E-state index contributed by atoms with van der Waals surface area (Å²) in [6, 6.07) is -0.548. The summed E-state index contributed by atoms with van der Waals surface area (Å²) in [5.41, 5.74) is -0.855. The van der Waals surface area contributed by atoms with E-state index in [1.54, 1.807) is 20.8 Å². The number of hydrogen-bond donors (Lipinski definition) is 3. The highest BCUT2D eigenvalue weighted by Gasteiger charge is 2.24. The molecular formula is C10H21N3O5S. The summed E-state index contributed by atoms with van der Waals surface area (Å²) >= 11 is 0. The van der Waals surface area contributed by atoms with Crippen molar-refractivity contribution < 1.29 is 23.1 Å². The Morgan fingerprint density at radius 3 is 2.21 bits per heavy atom. The van der Waals surface area contributed by atoms with Gasteiger partial charge in [-0.25, -0.2) is 17.9 Å². The van der Waals surface area contributed by atoms with Crippen LogP contribution >= 0.6 is 0 Å². The van der Waals surface area contributed by atoms with E-state index in [1.807, 2.05) is 0 Å². The Morgan fingerprint density at radius 2 is 1.84 bits per heavy atom. The Morgan fingerprint density at radius 1 is 1.32 bits per heavy atom. The molecule has 3 N–H and O–H groups in total. The normalized spacial score (nSPS) is 12.0. The zero-order valence-electron chi connectivity index (χ0n) is 11.6. The van der Waals surface area contributed by atoms with E-state index in [0.29, 0.717) is 0 Å². The minimum atomic E-state index is -3.38. The van der Waals surface area contributed by atoms with Crippen LogP contribution in [0.2, 0.25) is 0 Å². The molecule has 2 amide bonds. The second-order valence-corrected chi connectivity index (χ2v) is 6.57. The molecule has 0 rings (SSSR count). The highest BCUT2D eigenvalue weighted by molar-refractivity contribution is 7.88. The van der Waals surface area contributed by atoms with Gasteiger partial charge < -0.3 is 15.3 Å². The van der Waals surface area contributed by atoms with Gasteiger partial charge in [0.15, 0.2) is 0 Å². The third kappa shape index (κ3) is 8.38. The SMILES string of the molecule is CCN(CC(=O)O)C(=O)NCC(C)(C)NS(C)(=O)=O. The molecule has 0 unspecified atom stereocenters. The van der Waals surface area contributed by atoms with Gasteiger partial charge in [-0.2, -0.15) is 0 Å². The van der Waals surface area contributed by atoms with Crippen LogP contribution in [-0.4, -0.2) is 61.9 Å². The van der Waals surface area contributed by atoms with Crippen LogP contribution in [0.3, 0.4) is 0 Å². The molecule has 0 saturated heterocycles. The van der Waals surface area contributed by atoms with E-state index < -0.39 is 34.1 Å². The molecule has 0 radical (unpaired) electrons. The summed E-state index contributed by atoms with van der Waals surface area (Å²) in [4.78, 5) is 23.4. The molecule has 0 aliphatic rings. The molecule has 0 aromatic heterocycles. The van der Waals surface area contributed by atoms with Gasteiger partial charge in [-0.1, -0.05) is 0 Å². The van der Waals surface area contributed by atoms with Gasteiger partial charge in [0.25, 0.3) is 0 Å². The molecule has 0 aliphatic carbocycles. The molecule has 0 atom stereocenters. The Hall–Kier alpha value is -1.35. The van der Waals surface area contributed by atoms with E-state index in [2.05, 4.69) is 10.0 Å². The predicted molar refractivity (Wildman–Crippen MR) is 70.3 cm³/mol. The molecule has 0 heterocycles. The molecule has 0 bridgehead atoms. The van der Waals surface area contributed by atoms with Crippen molar-refractivity contribution in [2.45, 2.75) is 26.3 Å². The van der Waals surface area contributed by atoms with Gasteiger partial charge in [-0.05, 0) is 20.8 Å². The fourth-order valence-corrected chi connectivity index (χ4v) is 2.51. The topological polar surface area (TPSA) is 116 Å². The standard InChI is InChI=1S/C10H21N3O5S/c1-5-13(6-8(14)15)9(16)11-7-10(2,3)12-19(4,17)18/h12H,5-7H2,1-4H3,(H,11,16)(H,14,15). The van der Waals surface area contributed by atoms with Crippen molar-refractivity contribution in [2.75, 3.05) is 25.9 Å². The first-order valence-electron chi connectivity index (χ1n) is 5.70. The quantitative estimate of drug-likeness (QED) is 0.581.